The molecule has 0 radical (unpaired) electrons. The number of H-pyrrole nitrogens is 1. The lowest BCUT2D eigenvalue weighted by atomic mass is 10.1. The molecule has 0 atom stereocenters. The number of pyridine rings is 3. The number of aromatic nitrogens is 3. The topological polar surface area (TPSA) is 125 Å². The van der Waals surface area contributed by atoms with Gasteiger partial charge in [0.1, 0.15) is 22.7 Å². The Bertz CT molecular complexity index is 1450. The number of carbonyl (C=O) groups is 1. The average molecular weight is 389 g/mol. The number of aromatic amines is 1. The van der Waals surface area contributed by atoms with Crippen LogP contribution >= 0.6 is 0 Å². The van der Waals surface area contributed by atoms with Crippen molar-refractivity contribution in [1.29, 1.82) is 0 Å². The first-order valence-corrected chi connectivity index (χ1v) is 8.63. The number of hydrogen-bond donors (Lipinski definition) is 3. The van der Waals surface area contributed by atoms with E-state index in [1.165, 1.54) is 17.8 Å². The summed E-state index contributed by atoms with van der Waals surface area (Å²) in [5, 5.41) is 21.5. The van der Waals surface area contributed by atoms with Crippen molar-refractivity contribution in [3.05, 3.63) is 80.5 Å². The van der Waals surface area contributed by atoms with Crippen LogP contribution in [0.15, 0.2) is 58.3 Å². The zero-order valence-corrected chi connectivity index (χ0v) is 15.2. The van der Waals surface area contributed by atoms with E-state index in [2.05, 4.69) is 9.97 Å². The number of benzene rings is 1. The molecular weight excluding hydrogens is 374 g/mol. The van der Waals surface area contributed by atoms with E-state index in [4.69, 9.17) is 0 Å². The molecule has 0 amide bonds. The summed E-state index contributed by atoms with van der Waals surface area (Å²) < 4.78 is 1.27. The first-order valence-electron chi connectivity index (χ1n) is 8.63. The third-order valence-electron chi connectivity index (χ3n) is 4.72. The summed E-state index contributed by atoms with van der Waals surface area (Å²) in [5.74, 6) is -1.56. The van der Waals surface area contributed by atoms with Crippen LogP contribution in [-0.4, -0.2) is 30.5 Å². The molecule has 29 heavy (non-hydrogen) atoms. The van der Waals surface area contributed by atoms with Gasteiger partial charge < -0.3 is 19.8 Å². The summed E-state index contributed by atoms with van der Waals surface area (Å²) in [4.78, 5) is 44.0. The second-order valence-electron chi connectivity index (χ2n) is 6.42. The third kappa shape index (κ3) is 2.87. The highest BCUT2D eigenvalue weighted by molar-refractivity contribution is 6.11. The molecular formula is C21H15N3O5. The minimum Gasteiger partial charge on any atom is -0.506 e. The quantitative estimate of drug-likeness (QED) is 0.364. The summed E-state index contributed by atoms with van der Waals surface area (Å²) >= 11 is 0. The van der Waals surface area contributed by atoms with Crippen LogP contribution < -0.4 is 11.1 Å². The summed E-state index contributed by atoms with van der Waals surface area (Å²) in [6.45, 7) is 0. The molecule has 0 spiro atoms. The van der Waals surface area contributed by atoms with Crippen LogP contribution in [0.3, 0.4) is 0 Å². The van der Waals surface area contributed by atoms with E-state index in [0.29, 0.717) is 16.3 Å². The summed E-state index contributed by atoms with van der Waals surface area (Å²) in [6.07, 6.45) is 3.55. The molecule has 3 heterocycles. The van der Waals surface area contributed by atoms with Gasteiger partial charge in [-0.05, 0) is 36.4 Å². The normalized spacial score (nSPS) is 11.5. The standard InChI is InChI=1S/C21H15N3O5/c1-24-14-7-3-2-5-11(14)18(27)16(21(24)29)15(25)9-8-13-17(26)12-6-4-10-22-19(12)23-20(13)28/h2-10,27H,1H3,(H2,22,23,26,28)/b9-8+. The molecule has 8 nitrogen and oxygen atoms in total. The number of aromatic hydroxyl groups is 2. The van der Waals surface area contributed by atoms with Crippen LogP contribution in [0.25, 0.3) is 28.0 Å². The van der Waals surface area contributed by atoms with Crippen LogP contribution in [0.5, 0.6) is 11.5 Å². The molecule has 0 aliphatic rings. The monoisotopic (exact) mass is 389 g/mol. The van der Waals surface area contributed by atoms with Crippen molar-refractivity contribution in [2.24, 2.45) is 7.05 Å². The average Bonchev–Trinajstić information content (AvgIpc) is 2.72. The lowest BCUT2D eigenvalue weighted by Crippen LogP contribution is -2.24. The fourth-order valence-electron chi connectivity index (χ4n) is 3.22. The van der Waals surface area contributed by atoms with Crippen molar-refractivity contribution in [3.63, 3.8) is 0 Å². The zero-order valence-electron chi connectivity index (χ0n) is 15.2. The van der Waals surface area contributed by atoms with E-state index in [-0.39, 0.29) is 17.0 Å². The molecule has 1 aromatic carbocycles. The minimum absolute atomic E-state index is 0.157. The van der Waals surface area contributed by atoms with Crippen LogP contribution in [0.2, 0.25) is 0 Å². The Balaban J connectivity index is 1.84. The Morgan fingerprint density at radius 3 is 2.59 bits per heavy atom. The number of nitrogens with zero attached hydrogens (tertiary/aromatic N) is 2. The summed E-state index contributed by atoms with van der Waals surface area (Å²) in [6, 6.07) is 9.80. The number of carbonyl (C=O) groups excluding carboxylic acids is 1. The van der Waals surface area contributed by atoms with Gasteiger partial charge in [0.05, 0.1) is 16.5 Å². The van der Waals surface area contributed by atoms with Gasteiger partial charge in [0.2, 0.25) is 0 Å². The third-order valence-corrected chi connectivity index (χ3v) is 4.72. The van der Waals surface area contributed by atoms with E-state index in [0.717, 1.165) is 12.2 Å². The molecule has 0 bridgehead atoms. The van der Waals surface area contributed by atoms with Crippen molar-refractivity contribution >= 4 is 33.8 Å². The lowest BCUT2D eigenvalue weighted by molar-refractivity contribution is 0.104. The molecule has 4 rings (SSSR count). The van der Waals surface area contributed by atoms with Gasteiger partial charge in [-0.1, -0.05) is 12.1 Å². The minimum atomic E-state index is -0.793. The van der Waals surface area contributed by atoms with Gasteiger partial charge in [-0.15, -0.1) is 0 Å². The fraction of sp³-hybridized carbons (Fsp3) is 0.0476. The van der Waals surface area contributed by atoms with Crippen LogP contribution in [-0.2, 0) is 7.05 Å². The van der Waals surface area contributed by atoms with Crippen molar-refractivity contribution in [3.8, 4) is 11.5 Å². The Morgan fingerprint density at radius 1 is 1.07 bits per heavy atom. The maximum Gasteiger partial charge on any atom is 0.265 e. The first-order chi connectivity index (χ1) is 13.9. The summed E-state index contributed by atoms with van der Waals surface area (Å²) in [7, 11) is 1.50. The Hall–Kier alpha value is -4.20. The van der Waals surface area contributed by atoms with Crippen molar-refractivity contribution in [2.45, 2.75) is 0 Å². The number of aryl methyl sites for hydroxylation is 1. The molecule has 0 unspecified atom stereocenters. The predicted molar refractivity (Wildman–Crippen MR) is 108 cm³/mol. The number of hydrogen-bond acceptors (Lipinski definition) is 6. The van der Waals surface area contributed by atoms with Crippen LogP contribution in [0.1, 0.15) is 15.9 Å². The van der Waals surface area contributed by atoms with Gasteiger partial charge in [0, 0.05) is 18.6 Å². The van der Waals surface area contributed by atoms with E-state index >= 15 is 0 Å². The Labute approximate surface area is 163 Å². The molecule has 4 aromatic rings. The SMILES string of the molecule is Cn1c(=O)c(C(=O)/C=C/c2c(O)c3cccnc3[nH]c2=O)c(O)c2ccccc21. The molecule has 8 heteroatoms. The number of nitrogens with one attached hydrogen (secondary N) is 1. The highest BCUT2D eigenvalue weighted by Crippen LogP contribution is 2.27. The number of rotatable bonds is 3. The van der Waals surface area contributed by atoms with Crippen molar-refractivity contribution in [2.75, 3.05) is 0 Å². The zero-order chi connectivity index (χ0) is 20.7. The molecule has 0 saturated carbocycles. The number of para-hydroxylation sites is 1. The van der Waals surface area contributed by atoms with Crippen molar-refractivity contribution in [1.82, 2.24) is 14.5 Å². The lowest BCUT2D eigenvalue weighted by Gasteiger charge is -2.09. The highest BCUT2D eigenvalue weighted by Gasteiger charge is 2.19. The van der Waals surface area contributed by atoms with Gasteiger partial charge in [-0.25, -0.2) is 4.98 Å². The molecule has 144 valence electrons. The van der Waals surface area contributed by atoms with E-state index < -0.39 is 28.2 Å². The second kappa shape index (κ2) is 6.75. The first kappa shape index (κ1) is 18.2. The summed E-state index contributed by atoms with van der Waals surface area (Å²) in [5.41, 5.74) is -1.20. The van der Waals surface area contributed by atoms with E-state index in [9.17, 15) is 24.6 Å². The highest BCUT2D eigenvalue weighted by atomic mass is 16.3. The van der Waals surface area contributed by atoms with Gasteiger partial charge in [-0.3, -0.25) is 14.4 Å². The van der Waals surface area contributed by atoms with Gasteiger partial charge in [0.25, 0.3) is 11.1 Å². The second-order valence-corrected chi connectivity index (χ2v) is 6.42. The predicted octanol–water partition coefficient (Wildman–Crippen LogP) is 2.08. The van der Waals surface area contributed by atoms with E-state index in [1.807, 2.05) is 0 Å². The maximum atomic E-state index is 12.7. The molecule has 0 saturated heterocycles. The maximum absolute atomic E-state index is 12.7. The van der Waals surface area contributed by atoms with Crippen molar-refractivity contribution < 1.29 is 15.0 Å². The molecule has 3 N–H and O–H groups in total. The molecule has 3 aromatic heterocycles. The Kier molecular flexibility index (Phi) is 4.23. The molecule has 0 aliphatic heterocycles. The molecule has 0 fully saturated rings. The van der Waals surface area contributed by atoms with Gasteiger partial charge >= 0.3 is 0 Å². The van der Waals surface area contributed by atoms with Crippen LogP contribution in [0.4, 0.5) is 0 Å². The van der Waals surface area contributed by atoms with Crippen LogP contribution in [0, 0.1) is 0 Å². The largest absolute Gasteiger partial charge is 0.506 e. The van der Waals surface area contributed by atoms with E-state index in [1.54, 1.807) is 36.4 Å². The van der Waals surface area contributed by atoms with Gasteiger partial charge in [-0.2, -0.15) is 0 Å². The Morgan fingerprint density at radius 2 is 1.79 bits per heavy atom. The number of fused-ring (bicyclic) bond motifs is 2. The number of allylic oxidation sites excluding steroid dienone is 1. The fourth-order valence-corrected chi connectivity index (χ4v) is 3.22. The number of ketones is 1. The molecule has 0 aliphatic carbocycles. The smallest absolute Gasteiger partial charge is 0.265 e. The van der Waals surface area contributed by atoms with Gasteiger partial charge in [0.15, 0.2) is 5.78 Å².